The van der Waals surface area contributed by atoms with Gasteiger partial charge >= 0.3 is 0 Å². The lowest BCUT2D eigenvalue weighted by Gasteiger charge is -2.27. The molecular formula is C32H40F2N4O3. The van der Waals surface area contributed by atoms with Gasteiger partial charge in [-0.05, 0) is 73.6 Å². The van der Waals surface area contributed by atoms with Crippen LogP contribution in [0.15, 0.2) is 54.6 Å². The van der Waals surface area contributed by atoms with Crippen LogP contribution >= 0.6 is 0 Å². The van der Waals surface area contributed by atoms with E-state index in [0.29, 0.717) is 35.8 Å². The molecule has 1 aliphatic rings. The van der Waals surface area contributed by atoms with Crippen molar-refractivity contribution in [1.82, 2.24) is 15.6 Å². The molecule has 7 nitrogen and oxygen atoms in total. The summed E-state index contributed by atoms with van der Waals surface area (Å²) in [5.74, 6) is -1.11. The Hall–Kier alpha value is -3.40. The smallest absolute Gasteiger partial charge is 0.251 e. The Morgan fingerprint density at radius 3 is 2.61 bits per heavy atom. The van der Waals surface area contributed by atoms with E-state index in [0.717, 1.165) is 37.4 Å². The molecule has 1 aromatic heterocycles. The highest BCUT2D eigenvalue weighted by molar-refractivity contribution is 5.95. The molecule has 0 spiro atoms. The molecule has 9 heteroatoms. The third kappa shape index (κ3) is 8.55. The van der Waals surface area contributed by atoms with E-state index in [-0.39, 0.29) is 19.0 Å². The second-order valence-corrected chi connectivity index (χ2v) is 10.7. The Morgan fingerprint density at radius 2 is 1.88 bits per heavy atom. The summed E-state index contributed by atoms with van der Waals surface area (Å²) < 4.78 is 33.3. The number of anilines is 1. The molecule has 0 aliphatic carbocycles. The summed E-state index contributed by atoms with van der Waals surface area (Å²) in [6, 6.07) is 14.3. The molecule has 1 saturated heterocycles. The monoisotopic (exact) mass is 566 g/mol. The van der Waals surface area contributed by atoms with Gasteiger partial charge in [0.25, 0.3) is 5.91 Å². The molecular weight excluding hydrogens is 526 g/mol. The first-order valence-electron chi connectivity index (χ1n) is 14.2. The van der Waals surface area contributed by atoms with Crippen LogP contribution in [-0.4, -0.2) is 61.0 Å². The van der Waals surface area contributed by atoms with Crippen molar-refractivity contribution in [3.05, 3.63) is 94.2 Å². The van der Waals surface area contributed by atoms with E-state index < -0.39 is 29.7 Å². The summed E-state index contributed by atoms with van der Waals surface area (Å²) in [7, 11) is 1.67. The molecule has 0 radical (unpaired) electrons. The average molecular weight is 567 g/mol. The predicted molar refractivity (Wildman–Crippen MR) is 156 cm³/mol. The number of hydrogen-bond donors (Lipinski definition) is 3. The number of nitrogens with zero attached hydrogens (tertiary/aromatic N) is 2. The second kappa shape index (κ2) is 14.5. The number of carbonyl (C=O) groups is 1. The molecule has 0 unspecified atom stereocenters. The number of halogens is 2. The lowest BCUT2D eigenvalue weighted by atomic mass is 10.00. The van der Waals surface area contributed by atoms with Crippen LogP contribution in [0, 0.1) is 18.6 Å². The molecule has 4 rings (SSSR count). The van der Waals surface area contributed by atoms with Crippen LogP contribution in [-0.2, 0) is 24.1 Å². The standard InChI is InChI=1S/C32H40F2N4O3/c1-4-22-7-5-8-23(12-22)18-35-19-30(39)29(15-24-13-26(33)17-27(34)14-24)37-32(40)25-11-21(2)36-31(16-25)38-10-6-9-28(38)20-41-3/h5,7-8,11-14,16-17,28-30,35,39H,4,6,9-10,15,18-20H2,1-3H3,(H,37,40)/t28-,29-,30+/m0/s1. The zero-order chi connectivity index (χ0) is 29.4. The van der Waals surface area contributed by atoms with Gasteiger partial charge in [0.05, 0.1) is 24.8 Å². The number of amides is 1. The van der Waals surface area contributed by atoms with Crippen LogP contribution in [0.5, 0.6) is 0 Å². The van der Waals surface area contributed by atoms with Crippen molar-refractivity contribution in [2.45, 2.75) is 64.3 Å². The van der Waals surface area contributed by atoms with Crippen LogP contribution in [0.2, 0.25) is 0 Å². The Balaban J connectivity index is 1.50. The fourth-order valence-corrected chi connectivity index (χ4v) is 5.42. The van der Waals surface area contributed by atoms with Crippen molar-refractivity contribution in [3.8, 4) is 0 Å². The van der Waals surface area contributed by atoms with E-state index in [1.807, 2.05) is 19.1 Å². The van der Waals surface area contributed by atoms with E-state index in [1.54, 1.807) is 19.2 Å². The van der Waals surface area contributed by atoms with Gasteiger partial charge in [0, 0.05) is 44.1 Å². The van der Waals surface area contributed by atoms with E-state index >= 15 is 0 Å². The summed E-state index contributed by atoms with van der Waals surface area (Å²) in [6.45, 7) is 6.03. The van der Waals surface area contributed by atoms with Gasteiger partial charge in [0.2, 0.25) is 0 Å². The van der Waals surface area contributed by atoms with Gasteiger partial charge in [0.15, 0.2) is 0 Å². The largest absolute Gasteiger partial charge is 0.390 e. The molecule has 2 heterocycles. The average Bonchev–Trinajstić information content (AvgIpc) is 3.40. The molecule has 1 fully saturated rings. The second-order valence-electron chi connectivity index (χ2n) is 10.7. The normalized spacial score (nSPS) is 16.5. The number of aliphatic hydroxyl groups is 1. The Labute approximate surface area is 240 Å². The third-order valence-corrected chi connectivity index (χ3v) is 7.47. The zero-order valence-corrected chi connectivity index (χ0v) is 24.0. The number of aromatic nitrogens is 1. The first-order chi connectivity index (χ1) is 19.7. The minimum Gasteiger partial charge on any atom is -0.390 e. The fourth-order valence-electron chi connectivity index (χ4n) is 5.42. The molecule has 0 saturated carbocycles. The highest BCUT2D eigenvalue weighted by Gasteiger charge is 2.28. The number of aryl methyl sites for hydroxylation is 2. The zero-order valence-electron chi connectivity index (χ0n) is 24.0. The number of hydrogen-bond acceptors (Lipinski definition) is 6. The first-order valence-corrected chi connectivity index (χ1v) is 14.2. The number of carbonyl (C=O) groups excluding carboxylic acids is 1. The van der Waals surface area contributed by atoms with E-state index in [2.05, 4.69) is 39.6 Å². The number of methoxy groups -OCH3 is 1. The Morgan fingerprint density at radius 1 is 1.12 bits per heavy atom. The summed E-state index contributed by atoms with van der Waals surface area (Å²) in [6.07, 6.45) is 1.95. The predicted octanol–water partition coefficient (Wildman–Crippen LogP) is 4.34. The molecule has 1 aliphatic heterocycles. The van der Waals surface area contributed by atoms with Gasteiger partial charge in [-0.15, -0.1) is 0 Å². The van der Waals surface area contributed by atoms with Gasteiger partial charge in [-0.1, -0.05) is 31.2 Å². The van der Waals surface area contributed by atoms with Crippen LogP contribution in [0.25, 0.3) is 0 Å². The fraction of sp³-hybridized carbons (Fsp3) is 0.438. The number of benzene rings is 2. The number of ether oxygens (including phenoxy) is 1. The molecule has 1 amide bonds. The maximum atomic E-state index is 14.0. The van der Waals surface area contributed by atoms with Gasteiger partial charge in [-0.3, -0.25) is 4.79 Å². The minimum atomic E-state index is -1.02. The first kappa shape index (κ1) is 30.6. The van der Waals surface area contributed by atoms with Crippen molar-refractivity contribution in [1.29, 1.82) is 0 Å². The molecule has 3 atom stereocenters. The van der Waals surface area contributed by atoms with Crippen molar-refractivity contribution >= 4 is 11.7 Å². The molecule has 0 bridgehead atoms. The van der Waals surface area contributed by atoms with E-state index in [4.69, 9.17) is 4.74 Å². The Kier molecular flexibility index (Phi) is 10.8. The summed E-state index contributed by atoms with van der Waals surface area (Å²) in [4.78, 5) is 20.3. The summed E-state index contributed by atoms with van der Waals surface area (Å²) in [5.41, 5.74) is 3.74. The highest BCUT2D eigenvalue weighted by Crippen LogP contribution is 2.25. The third-order valence-electron chi connectivity index (χ3n) is 7.47. The SMILES string of the molecule is CCc1cccc(CNC[C@@H](O)[C@H](Cc2cc(F)cc(F)c2)NC(=O)c2cc(C)nc(N3CCC[C@H]3COC)c2)c1. The summed E-state index contributed by atoms with van der Waals surface area (Å²) >= 11 is 0. The lowest BCUT2D eigenvalue weighted by molar-refractivity contribution is 0.0829. The topological polar surface area (TPSA) is 86.7 Å². The minimum absolute atomic E-state index is 0.0492. The van der Waals surface area contributed by atoms with Gasteiger partial charge in [0.1, 0.15) is 17.5 Å². The van der Waals surface area contributed by atoms with Crippen molar-refractivity contribution < 1.29 is 23.4 Å². The van der Waals surface area contributed by atoms with Gasteiger partial charge in [-0.25, -0.2) is 13.8 Å². The maximum Gasteiger partial charge on any atom is 0.251 e. The van der Waals surface area contributed by atoms with Crippen LogP contribution in [0.4, 0.5) is 14.6 Å². The number of nitrogens with one attached hydrogen (secondary N) is 2. The molecule has 3 N–H and O–H groups in total. The number of pyridine rings is 1. The number of rotatable bonds is 13. The van der Waals surface area contributed by atoms with Gasteiger partial charge in [-0.2, -0.15) is 0 Å². The lowest BCUT2D eigenvalue weighted by Crippen LogP contribution is -2.48. The van der Waals surface area contributed by atoms with Crippen LogP contribution in [0.1, 0.15) is 52.5 Å². The van der Waals surface area contributed by atoms with Crippen LogP contribution < -0.4 is 15.5 Å². The van der Waals surface area contributed by atoms with Crippen molar-refractivity contribution in [2.75, 3.05) is 31.7 Å². The summed E-state index contributed by atoms with van der Waals surface area (Å²) in [5, 5.41) is 17.3. The van der Waals surface area contributed by atoms with Crippen molar-refractivity contribution in [3.63, 3.8) is 0 Å². The quantitative estimate of drug-likeness (QED) is 0.286. The maximum absolute atomic E-state index is 14.0. The number of aliphatic hydroxyl groups excluding tert-OH is 1. The molecule has 3 aromatic rings. The molecule has 220 valence electrons. The Bertz CT molecular complexity index is 1300. The van der Waals surface area contributed by atoms with E-state index in [1.165, 1.54) is 17.7 Å². The van der Waals surface area contributed by atoms with Crippen LogP contribution in [0.3, 0.4) is 0 Å². The van der Waals surface area contributed by atoms with E-state index in [9.17, 15) is 18.7 Å². The molecule has 2 aromatic carbocycles. The highest BCUT2D eigenvalue weighted by atomic mass is 19.1. The molecule has 41 heavy (non-hydrogen) atoms. The van der Waals surface area contributed by atoms with Crippen molar-refractivity contribution in [2.24, 2.45) is 0 Å². The van der Waals surface area contributed by atoms with Gasteiger partial charge < -0.3 is 25.4 Å².